The van der Waals surface area contributed by atoms with Crippen LogP contribution in [-0.2, 0) is 0 Å². The zero-order valence-corrected chi connectivity index (χ0v) is 11.0. The monoisotopic (exact) mass is 288 g/mol. The van der Waals surface area contributed by atoms with E-state index in [9.17, 15) is 9.18 Å². The van der Waals surface area contributed by atoms with E-state index in [0.29, 0.717) is 27.2 Å². The minimum absolute atomic E-state index is 0.0501. The third kappa shape index (κ3) is 1.94. The maximum atomic E-state index is 13.8. The SMILES string of the molecule is Nc1ccc(F)c(C(=O)c2c[nH]c3c(Cl)cccc23)c1. The van der Waals surface area contributed by atoms with Crippen LogP contribution >= 0.6 is 11.6 Å². The number of hydrogen-bond donors (Lipinski definition) is 2. The molecule has 0 aliphatic rings. The molecule has 2 aromatic carbocycles. The Bertz CT molecular complexity index is 826. The molecule has 0 saturated heterocycles. The van der Waals surface area contributed by atoms with E-state index >= 15 is 0 Å². The summed E-state index contributed by atoms with van der Waals surface area (Å²) >= 11 is 6.04. The molecule has 0 atom stereocenters. The molecule has 20 heavy (non-hydrogen) atoms. The second-order valence-electron chi connectivity index (χ2n) is 4.43. The Labute approximate surface area is 119 Å². The fraction of sp³-hybridized carbons (Fsp3) is 0. The van der Waals surface area contributed by atoms with E-state index < -0.39 is 11.6 Å². The molecule has 0 aliphatic heterocycles. The topological polar surface area (TPSA) is 58.9 Å². The molecule has 0 spiro atoms. The van der Waals surface area contributed by atoms with Gasteiger partial charge in [-0.25, -0.2) is 4.39 Å². The third-order valence-corrected chi connectivity index (χ3v) is 3.46. The lowest BCUT2D eigenvalue weighted by molar-refractivity contribution is 0.103. The quantitative estimate of drug-likeness (QED) is 0.557. The number of aromatic nitrogens is 1. The number of benzene rings is 2. The highest BCUT2D eigenvalue weighted by Gasteiger charge is 2.18. The number of anilines is 1. The van der Waals surface area contributed by atoms with Crippen molar-refractivity contribution in [1.29, 1.82) is 0 Å². The van der Waals surface area contributed by atoms with Crippen LogP contribution in [0.3, 0.4) is 0 Å². The number of rotatable bonds is 2. The molecule has 0 aliphatic carbocycles. The molecule has 0 bridgehead atoms. The third-order valence-electron chi connectivity index (χ3n) is 3.14. The number of carbonyl (C=O) groups excluding carboxylic acids is 1. The zero-order valence-electron chi connectivity index (χ0n) is 10.3. The summed E-state index contributed by atoms with van der Waals surface area (Å²) in [5, 5.41) is 1.17. The van der Waals surface area contributed by atoms with Gasteiger partial charge in [-0.1, -0.05) is 23.7 Å². The molecular weight excluding hydrogens is 279 g/mol. The number of para-hydroxylation sites is 1. The Hall–Kier alpha value is -2.33. The standard InChI is InChI=1S/C15H10ClFN2O/c16-12-3-1-2-9-11(7-19-14(9)12)15(20)10-6-8(18)4-5-13(10)17/h1-7,19H,18H2. The van der Waals surface area contributed by atoms with Gasteiger partial charge in [-0.2, -0.15) is 0 Å². The second-order valence-corrected chi connectivity index (χ2v) is 4.84. The number of carbonyl (C=O) groups is 1. The molecule has 3 N–H and O–H groups in total. The highest BCUT2D eigenvalue weighted by atomic mass is 35.5. The van der Waals surface area contributed by atoms with Gasteiger partial charge in [0.2, 0.25) is 0 Å². The number of hydrogen-bond acceptors (Lipinski definition) is 2. The molecule has 3 rings (SSSR count). The van der Waals surface area contributed by atoms with Crippen molar-refractivity contribution in [1.82, 2.24) is 4.98 Å². The molecule has 0 unspecified atom stereocenters. The second kappa shape index (κ2) is 4.65. The van der Waals surface area contributed by atoms with Gasteiger partial charge in [-0.05, 0) is 24.3 Å². The van der Waals surface area contributed by atoms with Gasteiger partial charge in [0, 0.05) is 22.8 Å². The predicted octanol–water partition coefficient (Wildman–Crippen LogP) is 3.77. The molecule has 100 valence electrons. The van der Waals surface area contributed by atoms with Crippen LogP contribution in [0.5, 0.6) is 0 Å². The first kappa shape index (κ1) is 12.7. The van der Waals surface area contributed by atoms with Gasteiger partial charge < -0.3 is 10.7 Å². The smallest absolute Gasteiger partial charge is 0.198 e. The Morgan fingerprint density at radius 1 is 1.20 bits per heavy atom. The Morgan fingerprint density at radius 3 is 2.80 bits per heavy atom. The fourth-order valence-corrected chi connectivity index (χ4v) is 2.40. The van der Waals surface area contributed by atoms with E-state index in [2.05, 4.69) is 4.98 Å². The molecule has 3 aromatic rings. The molecule has 0 fully saturated rings. The van der Waals surface area contributed by atoms with Crippen LogP contribution in [0.15, 0.2) is 42.6 Å². The molecule has 0 saturated carbocycles. The van der Waals surface area contributed by atoms with Gasteiger partial charge in [0.1, 0.15) is 5.82 Å². The minimum Gasteiger partial charge on any atom is -0.399 e. The summed E-state index contributed by atoms with van der Waals surface area (Å²) in [4.78, 5) is 15.4. The van der Waals surface area contributed by atoms with E-state index in [4.69, 9.17) is 17.3 Å². The van der Waals surface area contributed by atoms with Crippen LogP contribution < -0.4 is 5.73 Å². The molecule has 0 radical (unpaired) electrons. The van der Waals surface area contributed by atoms with E-state index in [0.717, 1.165) is 0 Å². The van der Waals surface area contributed by atoms with Gasteiger partial charge in [-0.15, -0.1) is 0 Å². The average molecular weight is 289 g/mol. The number of nitrogens with two attached hydrogens (primary N) is 1. The van der Waals surface area contributed by atoms with E-state index in [1.165, 1.54) is 24.4 Å². The van der Waals surface area contributed by atoms with Crippen LogP contribution in [0, 0.1) is 5.82 Å². The van der Waals surface area contributed by atoms with Crippen molar-refractivity contribution in [3.63, 3.8) is 0 Å². The number of halogens is 2. The lowest BCUT2D eigenvalue weighted by Crippen LogP contribution is -2.04. The first-order valence-electron chi connectivity index (χ1n) is 5.93. The number of aromatic amines is 1. The lowest BCUT2D eigenvalue weighted by Gasteiger charge is -2.03. The molecule has 1 aromatic heterocycles. The summed E-state index contributed by atoms with van der Waals surface area (Å²) in [6, 6.07) is 9.15. The van der Waals surface area contributed by atoms with Crippen molar-refractivity contribution in [2.24, 2.45) is 0 Å². The van der Waals surface area contributed by atoms with Gasteiger partial charge >= 0.3 is 0 Å². The first-order chi connectivity index (χ1) is 9.58. The maximum Gasteiger partial charge on any atom is 0.198 e. The number of ketones is 1. The van der Waals surface area contributed by atoms with Crippen molar-refractivity contribution in [2.75, 3.05) is 5.73 Å². The minimum atomic E-state index is -0.597. The van der Waals surface area contributed by atoms with Crippen molar-refractivity contribution < 1.29 is 9.18 Å². The number of H-pyrrole nitrogens is 1. The summed E-state index contributed by atoms with van der Waals surface area (Å²) in [5.41, 5.74) is 6.92. The number of nitrogen functional groups attached to an aromatic ring is 1. The molecule has 1 heterocycles. The van der Waals surface area contributed by atoms with Crippen molar-refractivity contribution in [3.8, 4) is 0 Å². The molecule has 3 nitrogen and oxygen atoms in total. The van der Waals surface area contributed by atoms with Crippen LogP contribution in [-0.4, -0.2) is 10.8 Å². The first-order valence-corrected chi connectivity index (χ1v) is 6.31. The van der Waals surface area contributed by atoms with Gasteiger partial charge in [0.25, 0.3) is 0 Å². The normalized spacial score (nSPS) is 10.9. The Kier molecular flexibility index (Phi) is 2.95. The van der Waals surface area contributed by atoms with Crippen LogP contribution in [0.25, 0.3) is 10.9 Å². The molecule has 0 amide bonds. The number of nitrogens with one attached hydrogen (secondary N) is 1. The molecule has 5 heteroatoms. The van der Waals surface area contributed by atoms with Gasteiger partial charge in [0.05, 0.1) is 16.1 Å². The zero-order chi connectivity index (χ0) is 14.3. The lowest BCUT2D eigenvalue weighted by atomic mass is 10.0. The number of fused-ring (bicyclic) bond motifs is 1. The van der Waals surface area contributed by atoms with Crippen molar-refractivity contribution in [3.05, 3.63) is 64.6 Å². The average Bonchev–Trinajstić information content (AvgIpc) is 2.86. The molecular formula is C15H10ClFN2O. The van der Waals surface area contributed by atoms with E-state index in [1.807, 2.05) is 0 Å². The van der Waals surface area contributed by atoms with Gasteiger partial charge in [0.15, 0.2) is 5.78 Å². The van der Waals surface area contributed by atoms with Crippen LogP contribution in [0.4, 0.5) is 10.1 Å². The largest absolute Gasteiger partial charge is 0.399 e. The van der Waals surface area contributed by atoms with Crippen LogP contribution in [0.1, 0.15) is 15.9 Å². The van der Waals surface area contributed by atoms with Crippen molar-refractivity contribution >= 4 is 34.0 Å². The van der Waals surface area contributed by atoms with Gasteiger partial charge in [-0.3, -0.25) is 4.79 Å². The fourth-order valence-electron chi connectivity index (χ4n) is 2.17. The van der Waals surface area contributed by atoms with E-state index in [-0.39, 0.29) is 5.56 Å². The maximum absolute atomic E-state index is 13.8. The van der Waals surface area contributed by atoms with Crippen LogP contribution in [0.2, 0.25) is 5.02 Å². The predicted molar refractivity (Wildman–Crippen MR) is 77.6 cm³/mol. The summed E-state index contributed by atoms with van der Waals surface area (Å²) < 4.78 is 13.8. The Morgan fingerprint density at radius 2 is 2.00 bits per heavy atom. The summed E-state index contributed by atoms with van der Waals surface area (Å²) in [7, 11) is 0. The summed E-state index contributed by atoms with van der Waals surface area (Å²) in [5.74, 6) is -1.02. The summed E-state index contributed by atoms with van der Waals surface area (Å²) in [6.45, 7) is 0. The highest BCUT2D eigenvalue weighted by Crippen LogP contribution is 2.27. The Balaban J connectivity index is 2.18. The highest BCUT2D eigenvalue weighted by molar-refractivity contribution is 6.35. The van der Waals surface area contributed by atoms with Crippen molar-refractivity contribution in [2.45, 2.75) is 0 Å². The van der Waals surface area contributed by atoms with E-state index in [1.54, 1.807) is 18.2 Å². The summed E-state index contributed by atoms with van der Waals surface area (Å²) in [6.07, 6.45) is 1.53.